The maximum absolute atomic E-state index is 5.57. The Labute approximate surface area is 170 Å². The van der Waals surface area contributed by atoms with Crippen LogP contribution in [0, 0.1) is 23.7 Å². The number of unbranched alkanes of at least 4 members (excludes halogenated alkanes) is 3. The van der Waals surface area contributed by atoms with Crippen LogP contribution in [0.1, 0.15) is 62.6 Å². The van der Waals surface area contributed by atoms with Crippen molar-refractivity contribution >= 4 is 0 Å². The van der Waals surface area contributed by atoms with E-state index in [4.69, 9.17) is 4.74 Å². The molecule has 0 fully saturated rings. The second-order valence-corrected chi connectivity index (χ2v) is 6.75. The van der Waals surface area contributed by atoms with Gasteiger partial charge in [0.25, 0.3) is 0 Å². The lowest BCUT2D eigenvalue weighted by Crippen LogP contribution is -1.94. The zero-order valence-electron chi connectivity index (χ0n) is 17.1. The Hall–Kier alpha value is -2.90. The topological polar surface area (TPSA) is 9.23 Å². The summed E-state index contributed by atoms with van der Waals surface area (Å²) in [7, 11) is 0. The van der Waals surface area contributed by atoms with Gasteiger partial charge >= 0.3 is 0 Å². The van der Waals surface area contributed by atoms with E-state index in [-0.39, 0.29) is 0 Å². The summed E-state index contributed by atoms with van der Waals surface area (Å²) < 4.78 is 5.57. The van der Waals surface area contributed by atoms with Gasteiger partial charge in [-0.3, -0.25) is 0 Å². The molecule has 0 N–H and O–H groups in total. The summed E-state index contributed by atoms with van der Waals surface area (Å²) in [6.45, 7) is 5.09. The minimum atomic E-state index is 0.744. The van der Waals surface area contributed by atoms with Gasteiger partial charge in [0.1, 0.15) is 5.75 Å². The molecule has 28 heavy (non-hydrogen) atoms. The first-order valence-electron chi connectivity index (χ1n) is 10.3. The first-order valence-corrected chi connectivity index (χ1v) is 10.3. The van der Waals surface area contributed by atoms with Crippen molar-refractivity contribution in [3.05, 3.63) is 77.4 Å². The minimum Gasteiger partial charge on any atom is -0.494 e. The number of rotatable bonds is 8. The molecule has 0 aliphatic rings. The van der Waals surface area contributed by atoms with Crippen molar-refractivity contribution in [3.8, 4) is 29.4 Å². The van der Waals surface area contributed by atoms with Crippen molar-refractivity contribution < 1.29 is 4.74 Å². The van der Waals surface area contributed by atoms with Crippen LogP contribution in [0.2, 0.25) is 0 Å². The molecule has 0 bridgehead atoms. The molecule has 0 saturated carbocycles. The lowest BCUT2D eigenvalue weighted by molar-refractivity contribution is 0.317. The van der Waals surface area contributed by atoms with Gasteiger partial charge in [-0.1, -0.05) is 68.9 Å². The zero-order chi connectivity index (χ0) is 19.9. The van der Waals surface area contributed by atoms with Crippen LogP contribution < -0.4 is 4.74 Å². The van der Waals surface area contributed by atoms with Crippen LogP contribution in [0.5, 0.6) is 5.75 Å². The van der Waals surface area contributed by atoms with E-state index in [1.54, 1.807) is 12.2 Å². The monoisotopic (exact) mass is 370 g/mol. The first kappa shape index (κ1) is 21.4. The fourth-order valence-electron chi connectivity index (χ4n) is 2.70. The van der Waals surface area contributed by atoms with Crippen molar-refractivity contribution in [2.24, 2.45) is 0 Å². The fourth-order valence-corrected chi connectivity index (χ4v) is 2.70. The normalized spacial score (nSPS) is 10.1. The van der Waals surface area contributed by atoms with E-state index in [1.165, 1.54) is 31.2 Å². The maximum atomic E-state index is 5.57. The van der Waals surface area contributed by atoms with Crippen LogP contribution in [-0.4, -0.2) is 6.61 Å². The highest BCUT2D eigenvalue weighted by molar-refractivity contribution is 5.42. The van der Waals surface area contributed by atoms with Gasteiger partial charge < -0.3 is 4.74 Å². The molecule has 1 heteroatoms. The quantitative estimate of drug-likeness (QED) is 0.378. The van der Waals surface area contributed by atoms with Gasteiger partial charge in [-0.15, -0.1) is 0 Å². The molecule has 0 spiro atoms. The van der Waals surface area contributed by atoms with E-state index < -0.39 is 0 Å². The number of benzene rings is 2. The average Bonchev–Trinajstić information content (AvgIpc) is 2.74. The Bertz CT molecular complexity index is 834. The molecular weight excluding hydrogens is 340 g/mol. The highest BCUT2D eigenvalue weighted by Crippen LogP contribution is 2.12. The number of ether oxygens (including phenoxy) is 1. The summed E-state index contributed by atoms with van der Waals surface area (Å²) >= 11 is 0. The van der Waals surface area contributed by atoms with Crippen LogP contribution in [-0.2, 0) is 6.42 Å². The smallest absolute Gasteiger partial charge is 0.119 e. The average molecular weight is 371 g/mol. The number of hydrogen-bond donors (Lipinski definition) is 0. The molecule has 0 saturated heterocycles. The van der Waals surface area contributed by atoms with Crippen LogP contribution in [0.4, 0.5) is 0 Å². The molecule has 1 nitrogen and oxygen atoms in total. The summed E-state index contributed by atoms with van der Waals surface area (Å²) in [6, 6.07) is 16.4. The van der Waals surface area contributed by atoms with Crippen LogP contribution in [0.15, 0.2) is 60.7 Å². The molecule has 0 aromatic heterocycles. The number of allylic oxidation sites excluding steroid dienone is 2. The van der Waals surface area contributed by atoms with E-state index >= 15 is 0 Å². The van der Waals surface area contributed by atoms with Gasteiger partial charge in [-0.2, -0.15) is 0 Å². The molecule has 2 rings (SSSR count). The molecular formula is C27H30O. The molecule has 0 heterocycles. The summed E-state index contributed by atoms with van der Waals surface area (Å²) in [5.74, 6) is 13.2. The molecule has 0 unspecified atom stereocenters. The van der Waals surface area contributed by atoms with Crippen LogP contribution >= 0.6 is 0 Å². The largest absolute Gasteiger partial charge is 0.494 e. The van der Waals surface area contributed by atoms with E-state index in [9.17, 15) is 0 Å². The van der Waals surface area contributed by atoms with Gasteiger partial charge in [-0.25, -0.2) is 0 Å². The third-order valence-corrected chi connectivity index (χ3v) is 4.28. The lowest BCUT2D eigenvalue weighted by Gasteiger charge is -2.03. The van der Waals surface area contributed by atoms with Crippen molar-refractivity contribution in [3.63, 3.8) is 0 Å². The standard InChI is InChI=1S/C27H30O/c1-3-5-6-9-12-24-15-17-25(18-16-24)13-10-7-8-11-14-26-19-21-27(22-20-26)28-23-4-2/h7-8,15-22H,3-6,9,12,23H2,1-2H3. The van der Waals surface area contributed by atoms with E-state index in [2.05, 4.69) is 61.8 Å². The van der Waals surface area contributed by atoms with Gasteiger partial charge in [0.15, 0.2) is 0 Å². The fraction of sp³-hybridized carbons (Fsp3) is 0.333. The Morgan fingerprint density at radius 3 is 1.89 bits per heavy atom. The zero-order valence-corrected chi connectivity index (χ0v) is 17.1. The van der Waals surface area contributed by atoms with Gasteiger partial charge in [0.05, 0.1) is 6.61 Å². The van der Waals surface area contributed by atoms with E-state index in [1.807, 2.05) is 24.3 Å². The number of aryl methyl sites for hydroxylation is 1. The van der Waals surface area contributed by atoms with Gasteiger partial charge in [0, 0.05) is 11.1 Å². The van der Waals surface area contributed by atoms with Crippen LogP contribution in [0.25, 0.3) is 0 Å². The molecule has 144 valence electrons. The second kappa shape index (κ2) is 13.3. The highest BCUT2D eigenvalue weighted by atomic mass is 16.5. The summed E-state index contributed by atoms with van der Waals surface area (Å²) in [5, 5.41) is 0. The summed E-state index contributed by atoms with van der Waals surface area (Å²) in [4.78, 5) is 0. The molecule has 2 aromatic rings. The minimum absolute atomic E-state index is 0.744. The highest BCUT2D eigenvalue weighted by Gasteiger charge is 1.94. The van der Waals surface area contributed by atoms with Gasteiger partial charge in [-0.05, 0) is 73.4 Å². The summed E-state index contributed by atoms with van der Waals surface area (Å²) in [6.07, 6.45) is 11.0. The van der Waals surface area contributed by atoms with Crippen molar-refractivity contribution in [1.82, 2.24) is 0 Å². The number of hydrogen-bond acceptors (Lipinski definition) is 1. The van der Waals surface area contributed by atoms with Crippen molar-refractivity contribution in [2.45, 2.75) is 52.4 Å². The first-order chi connectivity index (χ1) is 13.8. The Balaban J connectivity index is 1.79. The summed E-state index contributed by atoms with van der Waals surface area (Å²) in [5.41, 5.74) is 3.41. The third-order valence-electron chi connectivity index (χ3n) is 4.28. The predicted octanol–water partition coefficient (Wildman–Crippen LogP) is 6.56. The molecule has 2 aromatic carbocycles. The van der Waals surface area contributed by atoms with Gasteiger partial charge in [0.2, 0.25) is 0 Å². The van der Waals surface area contributed by atoms with Crippen LogP contribution in [0.3, 0.4) is 0 Å². The molecule has 0 radical (unpaired) electrons. The molecule has 0 aliphatic carbocycles. The predicted molar refractivity (Wildman–Crippen MR) is 119 cm³/mol. The SMILES string of the molecule is CCCCCCc1ccc(C#CC=CC#Cc2ccc(OCCC)cc2)cc1. The van der Waals surface area contributed by atoms with E-state index in [0.717, 1.165) is 36.3 Å². The van der Waals surface area contributed by atoms with E-state index in [0.29, 0.717) is 0 Å². The molecule has 0 amide bonds. The maximum Gasteiger partial charge on any atom is 0.119 e. The van der Waals surface area contributed by atoms with Crippen molar-refractivity contribution in [2.75, 3.05) is 6.61 Å². The van der Waals surface area contributed by atoms with Crippen molar-refractivity contribution in [1.29, 1.82) is 0 Å². The Kier molecular flexibility index (Phi) is 10.2. The second-order valence-electron chi connectivity index (χ2n) is 6.75. The Morgan fingerprint density at radius 2 is 1.32 bits per heavy atom. The lowest BCUT2D eigenvalue weighted by atomic mass is 10.0. The molecule has 0 atom stereocenters. The molecule has 0 aliphatic heterocycles. The Morgan fingerprint density at radius 1 is 0.714 bits per heavy atom. The third kappa shape index (κ3) is 8.66.